The summed E-state index contributed by atoms with van der Waals surface area (Å²) in [5.74, 6) is 0.610. The Hall–Kier alpha value is -1.05. The van der Waals surface area contributed by atoms with Gasteiger partial charge in [0.1, 0.15) is 19.2 Å². The Labute approximate surface area is 109 Å². The van der Waals surface area contributed by atoms with Crippen LogP contribution in [0.15, 0.2) is 11.8 Å². The number of nitrogens with zero attached hydrogens (tertiary/aromatic N) is 1. The minimum absolute atomic E-state index is 0.0366. The molecular weight excluding hydrogens is 226 g/mol. The molecule has 18 heavy (non-hydrogen) atoms. The van der Waals surface area contributed by atoms with E-state index in [-0.39, 0.29) is 6.04 Å². The lowest BCUT2D eigenvalue weighted by molar-refractivity contribution is -0.920. The first-order valence-electron chi connectivity index (χ1n) is 7.18. The third-order valence-corrected chi connectivity index (χ3v) is 4.66. The van der Waals surface area contributed by atoms with Gasteiger partial charge in [-0.1, -0.05) is 12.8 Å². The number of hydrogen-bond acceptors (Lipinski definition) is 3. The van der Waals surface area contributed by atoms with E-state index in [1.807, 2.05) is 0 Å². The summed E-state index contributed by atoms with van der Waals surface area (Å²) < 4.78 is 5.40. The number of nitrogens with one attached hydrogen (secondary N) is 2. The maximum atomic E-state index is 9.55. The van der Waals surface area contributed by atoms with Crippen LogP contribution in [0, 0.1) is 17.2 Å². The monoisotopic (exact) mass is 248 g/mol. The fourth-order valence-corrected chi connectivity index (χ4v) is 3.66. The molecule has 4 heteroatoms. The molecule has 0 aromatic heterocycles. The van der Waals surface area contributed by atoms with Gasteiger partial charge >= 0.3 is 0 Å². The Morgan fingerprint density at radius 3 is 2.89 bits per heavy atom. The van der Waals surface area contributed by atoms with Crippen LogP contribution in [-0.4, -0.2) is 38.4 Å². The highest BCUT2D eigenvalue weighted by molar-refractivity contribution is 5.25. The molecule has 1 aliphatic carbocycles. The number of hydrogen-bond donors (Lipinski definition) is 2. The van der Waals surface area contributed by atoms with Gasteiger partial charge in [0, 0.05) is 23.7 Å². The van der Waals surface area contributed by atoms with E-state index in [4.69, 9.17) is 4.74 Å². The molecule has 2 N–H and O–H groups in total. The molecule has 3 atom stereocenters. The molecule has 0 spiro atoms. The van der Waals surface area contributed by atoms with Gasteiger partial charge in [0.2, 0.25) is 0 Å². The van der Waals surface area contributed by atoms with Crippen molar-refractivity contribution in [2.75, 3.05) is 26.3 Å². The quantitative estimate of drug-likeness (QED) is 0.714. The van der Waals surface area contributed by atoms with Gasteiger partial charge in [-0.05, 0) is 12.8 Å². The molecule has 2 unspecified atom stereocenters. The van der Waals surface area contributed by atoms with Crippen LogP contribution in [0.4, 0.5) is 0 Å². The van der Waals surface area contributed by atoms with E-state index in [0.717, 1.165) is 26.3 Å². The first-order chi connectivity index (χ1) is 8.90. The van der Waals surface area contributed by atoms with Gasteiger partial charge in [-0.3, -0.25) is 0 Å². The molecule has 98 valence electrons. The molecule has 1 saturated carbocycles. The fourth-order valence-electron chi connectivity index (χ4n) is 3.66. The number of quaternary nitrogens is 1. The maximum absolute atomic E-state index is 9.55. The van der Waals surface area contributed by atoms with Crippen molar-refractivity contribution in [2.24, 2.45) is 5.92 Å². The lowest BCUT2D eigenvalue weighted by Gasteiger charge is -2.32. The van der Waals surface area contributed by atoms with E-state index in [2.05, 4.69) is 17.6 Å². The smallest absolute Gasteiger partial charge is 0.198 e. The largest absolute Gasteiger partial charge is 0.387 e. The standard InChI is InChI=1S/C14H21N3O/c15-9-14(17-5-7-18-8-6-17)12-10-16-13-4-2-1-3-11(12)13/h10-11,13-14,16H,1-8H2/p+1/t11?,13?,14-/m0/s1. The van der Waals surface area contributed by atoms with Crippen molar-refractivity contribution in [1.29, 1.82) is 5.26 Å². The predicted octanol–water partition coefficient (Wildman–Crippen LogP) is -0.160. The van der Waals surface area contributed by atoms with Crippen LogP contribution in [0.3, 0.4) is 0 Å². The minimum Gasteiger partial charge on any atom is -0.387 e. The van der Waals surface area contributed by atoms with E-state index < -0.39 is 0 Å². The summed E-state index contributed by atoms with van der Waals surface area (Å²) in [5.41, 5.74) is 1.36. The van der Waals surface area contributed by atoms with Crippen LogP contribution in [0.1, 0.15) is 25.7 Å². The van der Waals surface area contributed by atoms with Gasteiger partial charge in [0.25, 0.3) is 0 Å². The molecule has 3 rings (SSSR count). The SMILES string of the molecule is N#C[C@@H](C1=CNC2CCCCC12)[NH+]1CCOCC1. The van der Waals surface area contributed by atoms with Crippen molar-refractivity contribution in [2.45, 2.75) is 37.8 Å². The van der Waals surface area contributed by atoms with Crippen molar-refractivity contribution in [1.82, 2.24) is 5.32 Å². The van der Waals surface area contributed by atoms with E-state index in [1.165, 1.54) is 36.2 Å². The summed E-state index contributed by atoms with van der Waals surface area (Å²) in [5, 5.41) is 13.1. The molecule has 1 saturated heterocycles. The van der Waals surface area contributed by atoms with Gasteiger partial charge in [-0.25, -0.2) is 0 Å². The Morgan fingerprint density at radius 2 is 2.11 bits per heavy atom. The number of rotatable bonds is 2. The summed E-state index contributed by atoms with van der Waals surface area (Å²) in [6.45, 7) is 3.52. The minimum atomic E-state index is 0.0366. The topological polar surface area (TPSA) is 49.5 Å². The maximum Gasteiger partial charge on any atom is 0.198 e. The summed E-state index contributed by atoms with van der Waals surface area (Å²) in [7, 11) is 0. The molecule has 4 nitrogen and oxygen atoms in total. The highest BCUT2D eigenvalue weighted by Crippen LogP contribution is 2.34. The number of fused-ring (bicyclic) bond motifs is 1. The zero-order valence-corrected chi connectivity index (χ0v) is 10.8. The van der Waals surface area contributed by atoms with E-state index in [0.29, 0.717) is 12.0 Å². The second-order valence-corrected chi connectivity index (χ2v) is 5.64. The molecular formula is C14H22N3O+. The van der Waals surface area contributed by atoms with E-state index >= 15 is 0 Å². The Morgan fingerprint density at radius 1 is 1.33 bits per heavy atom. The van der Waals surface area contributed by atoms with Gasteiger partial charge in [-0.15, -0.1) is 0 Å². The fraction of sp³-hybridized carbons (Fsp3) is 0.786. The molecule has 2 aliphatic heterocycles. The highest BCUT2D eigenvalue weighted by Gasteiger charge is 2.39. The van der Waals surface area contributed by atoms with Crippen molar-refractivity contribution >= 4 is 0 Å². The number of morpholine rings is 1. The zero-order chi connectivity index (χ0) is 12.4. The van der Waals surface area contributed by atoms with Crippen LogP contribution in [0.5, 0.6) is 0 Å². The zero-order valence-electron chi connectivity index (χ0n) is 10.8. The average Bonchev–Trinajstić information content (AvgIpc) is 2.85. The summed E-state index contributed by atoms with van der Waals surface area (Å²) in [6, 6.07) is 3.18. The molecule has 0 aromatic rings. The summed E-state index contributed by atoms with van der Waals surface area (Å²) >= 11 is 0. The Balaban J connectivity index is 1.73. The van der Waals surface area contributed by atoms with Crippen molar-refractivity contribution in [3.05, 3.63) is 11.8 Å². The van der Waals surface area contributed by atoms with E-state index in [9.17, 15) is 5.26 Å². The van der Waals surface area contributed by atoms with Crippen LogP contribution in [-0.2, 0) is 4.74 Å². The average molecular weight is 248 g/mol. The van der Waals surface area contributed by atoms with Crippen molar-refractivity contribution in [3.63, 3.8) is 0 Å². The second-order valence-electron chi connectivity index (χ2n) is 5.64. The summed E-state index contributed by atoms with van der Waals surface area (Å²) in [6.07, 6.45) is 7.32. The lowest BCUT2D eigenvalue weighted by atomic mass is 9.80. The highest BCUT2D eigenvalue weighted by atomic mass is 16.5. The molecule has 3 aliphatic rings. The van der Waals surface area contributed by atoms with Crippen LogP contribution >= 0.6 is 0 Å². The van der Waals surface area contributed by atoms with Gasteiger partial charge < -0.3 is 15.0 Å². The lowest BCUT2D eigenvalue weighted by Crippen LogP contribution is -3.17. The van der Waals surface area contributed by atoms with E-state index in [1.54, 1.807) is 0 Å². The molecule has 0 amide bonds. The molecule has 0 bridgehead atoms. The first-order valence-corrected chi connectivity index (χ1v) is 7.18. The second kappa shape index (κ2) is 5.29. The number of ether oxygens (including phenoxy) is 1. The Bertz CT molecular complexity index is 368. The first kappa shape index (κ1) is 12.0. The van der Waals surface area contributed by atoms with Gasteiger partial charge in [0.15, 0.2) is 6.04 Å². The van der Waals surface area contributed by atoms with Crippen LogP contribution in [0.25, 0.3) is 0 Å². The molecule has 2 fully saturated rings. The summed E-state index contributed by atoms with van der Waals surface area (Å²) in [4.78, 5) is 1.39. The number of nitriles is 1. The molecule has 2 heterocycles. The Kier molecular flexibility index (Phi) is 3.53. The van der Waals surface area contributed by atoms with Crippen molar-refractivity contribution < 1.29 is 9.64 Å². The normalized spacial score (nSPS) is 34.1. The molecule has 0 aromatic carbocycles. The third kappa shape index (κ3) is 2.13. The van der Waals surface area contributed by atoms with Crippen molar-refractivity contribution in [3.8, 4) is 6.07 Å². The van der Waals surface area contributed by atoms with Gasteiger partial charge in [0.05, 0.1) is 13.2 Å². The van der Waals surface area contributed by atoms with Crippen LogP contribution in [0.2, 0.25) is 0 Å². The molecule has 0 radical (unpaired) electrons. The van der Waals surface area contributed by atoms with Gasteiger partial charge in [-0.2, -0.15) is 5.26 Å². The predicted molar refractivity (Wildman–Crippen MR) is 67.9 cm³/mol. The van der Waals surface area contributed by atoms with Crippen LogP contribution < -0.4 is 10.2 Å². The third-order valence-electron chi connectivity index (χ3n) is 4.66.